The Morgan fingerprint density at radius 2 is 1.38 bits per heavy atom. The van der Waals surface area contributed by atoms with Crippen LogP contribution < -0.4 is 5.32 Å². The molecule has 29 heavy (non-hydrogen) atoms. The minimum absolute atomic E-state index is 0.271. The number of hydrogen-bond donors (Lipinski definition) is 2. The Kier molecular flexibility index (Phi) is 4.61. The highest BCUT2D eigenvalue weighted by atomic mass is 16.4. The summed E-state index contributed by atoms with van der Waals surface area (Å²) in [5.74, 6) is -1.44. The number of benzene rings is 3. The van der Waals surface area contributed by atoms with Crippen LogP contribution in [0.1, 0.15) is 27.0 Å². The van der Waals surface area contributed by atoms with Crippen LogP contribution in [0.15, 0.2) is 72.8 Å². The zero-order valence-electron chi connectivity index (χ0n) is 15.6. The predicted molar refractivity (Wildman–Crippen MR) is 108 cm³/mol. The van der Waals surface area contributed by atoms with Gasteiger partial charge in [0.1, 0.15) is 5.54 Å². The molecule has 1 aliphatic rings. The lowest BCUT2D eigenvalue weighted by Crippen LogP contribution is -2.55. The number of carboxylic acid groups (broad SMARTS) is 1. The molecule has 1 aliphatic carbocycles. The molecule has 0 bridgehead atoms. The van der Waals surface area contributed by atoms with Crippen molar-refractivity contribution in [3.63, 3.8) is 0 Å². The number of aliphatic carboxylic acids is 1. The van der Waals surface area contributed by atoms with Gasteiger partial charge in [0.15, 0.2) is 0 Å². The van der Waals surface area contributed by atoms with Gasteiger partial charge in [0.25, 0.3) is 5.91 Å². The van der Waals surface area contributed by atoms with Crippen molar-refractivity contribution >= 4 is 11.9 Å². The van der Waals surface area contributed by atoms with Crippen LogP contribution in [-0.2, 0) is 17.6 Å². The molecule has 0 atom stereocenters. The maximum atomic E-state index is 12.8. The van der Waals surface area contributed by atoms with Gasteiger partial charge in [0.05, 0.1) is 11.6 Å². The molecule has 0 heterocycles. The van der Waals surface area contributed by atoms with E-state index in [1.54, 1.807) is 24.3 Å². The molecule has 0 aliphatic heterocycles. The zero-order valence-corrected chi connectivity index (χ0v) is 15.6. The molecule has 0 spiro atoms. The number of nitriles is 1. The molecule has 0 fully saturated rings. The van der Waals surface area contributed by atoms with Crippen molar-refractivity contribution in [3.05, 3.63) is 95.1 Å². The van der Waals surface area contributed by atoms with E-state index >= 15 is 0 Å². The standard InChI is InChI=1S/C24H18N2O3/c25-15-16-5-7-17(8-6-16)18-9-11-19(12-10-18)22(27)26-24(23(28)29)13-20-3-1-2-4-21(20)14-24/h1-12H,13-14H2,(H,26,27)(H,28,29). The molecule has 3 aromatic carbocycles. The number of carbonyl (C=O) groups excluding carboxylic acids is 1. The molecule has 0 radical (unpaired) electrons. The van der Waals surface area contributed by atoms with Gasteiger partial charge in [-0.25, -0.2) is 4.79 Å². The van der Waals surface area contributed by atoms with E-state index in [-0.39, 0.29) is 12.8 Å². The van der Waals surface area contributed by atoms with Gasteiger partial charge in [-0.3, -0.25) is 4.79 Å². The highest BCUT2D eigenvalue weighted by molar-refractivity contribution is 5.98. The van der Waals surface area contributed by atoms with Gasteiger partial charge in [-0.1, -0.05) is 48.5 Å². The summed E-state index contributed by atoms with van der Waals surface area (Å²) in [6.45, 7) is 0. The van der Waals surface area contributed by atoms with Gasteiger partial charge in [-0.2, -0.15) is 5.26 Å². The van der Waals surface area contributed by atoms with Crippen LogP contribution in [0.3, 0.4) is 0 Å². The van der Waals surface area contributed by atoms with E-state index in [0.717, 1.165) is 22.3 Å². The van der Waals surface area contributed by atoms with Gasteiger partial charge in [0, 0.05) is 18.4 Å². The third kappa shape index (κ3) is 3.48. The quantitative estimate of drug-likeness (QED) is 0.722. The summed E-state index contributed by atoms with van der Waals surface area (Å²) in [4.78, 5) is 24.8. The summed E-state index contributed by atoms with van der Waals surface area (Å²) in [5, 5.41) is 21.5. The topological polar surface area (TPSA) is 90.2 Å². The smallest absolute Gasteiger partial charge is 0.330 e. The van der Waals surface area contributed by atoms with Crippen molar-refractivity contribution in [3.8, 4) is 17.2 Å². The average Bonchev–Trinajstić information content (AvgIpc) is 3.13. The molecular weight excluding hydrogens is 364 g/mol. The number of amides is 1. The molecule has 142 valence electrons. The van der Waals surface area contributed by atoms with Gasteiger partial charge in [-0.05, 0) is 46.5 Å². The first-order valence-corrected chi connectivity index (χ1v) is 9.24. The predicted octanol–water partition coefficient (Wildman–Crippen LogP) is 3.58. The lowest BCUT2D eigenvalue weighted by Gasteiger charge is -2.25. The first-order valence-electron chi connectivity index (χ1n) is 9.24. The maximum absolute atomic E-state index is 12.8. The minimum atomic E-state index is -1.33. The third-order valence-electron chi connectivity index (χ3n) is 5.36. The van der Waals surface area contributed by atoms with E-state index in [0.29, 0.717) is 11.1 Å². The summed E-state index contributed by atoms with van der Waals surface area (Å²) in [6.07, 6.45) is 0.543. The lowest BCUT2D eigenvalue weighted by atomic mass is 9.95. The third-order valence-corrected chi connectivity index (χ3v) is 5.36. The van der Waals surface area contributed by atoms with Gasteiger partial charge < -0.3 is 10.4 Å². The second-order valence-corrected chi connectivity index (χ2v) is 7.23. The first kappa shape index (κ1) is 18.5. The zero-order chi connectivity index (χ0) is 20.4. The number of rotatable bonds is 4. The summed E-state index contributed by atoms with van der Waals surface area (Å²) in [7, 11) is 0. The monoisotopic (exact) mass is 382 g/mol. The summed E-state index contributed by atoms with van der Waals surface area (Å²) >= 11 is 0. The Bertz CT molecular complexity index is 1100. The van der Waals surface area contributed by atoms with Crippen LogP contribution in [0.25, 0.3) is 11.1 Å². The molecule has 4 rings (SSSR count). The number of nitrogens with one attached hydrogen (secondary N) is 1. The summed E-state index contributed by atoms with van der Waals surface area (Å²) in [6, 6.07) is 23.8. The Labute approximate surface area is 168 Å². The van der Waals surface area contributed by atoms with Crippen LogP contribution in [0.5, 0.6) is 0 Å². The summed E-state index contributed by atoms with van der Waals surface area (Å²) in [5.41, 5.74) is 3.40. The van der Waals surface area contributed by atoms with Crippen molar-refractivity contribution in [1.29, 1.82) is 5.26 Å². The molecule has 3 aromatic rings. The first-order chi connectivity index (χ1) is 14.0. The largest absolute Gasteiger partial charge is 0.479 e. The molecule has 0 unspecified atom stereocenters. The van der Waals surface area contributed by atoms with Crippen molar-refractivity contribution in [2.24, 2.45) is 0 Å². The number of carboxylic acids is 1. The number of nitrogens with zero attached hydrogens (tertiary/aromatic N) is 1. The normalized spacial score (nSPS) is 13.9. The molecule has 5 nitrogen and oxygen atoms in total. The van der Waals surface area contributed by atoms with Crippen molar-refractivity contribution in [1.82, 2.24) is 5.32 Å². The Hall–Kier alpha value is -3.91. The highest BCUT2D eigenvalue weighted by Gasteiger charge is 2.45. The fourth-order valence-electron chi connectivity index (χ4n) is 3.75. The van der Waals surface area contributed by atoms with E-state index in [4.69, 9.17) is 5.26 Å². The van der Waals surface area contributed by atoms with Crippen LogP contribution in [0.4, 0.5) is 0 Å². The van der Waals surface area contributed by atoms with Crippen molar-refractivity contribution in [2.45, 2.75) is 18.4 Å². The van der Waals surface area contributed by atoms with Crippen molar-refractivity contribution < 1.29 is 14.7 Å². The highest BCUT2D eigenvalue weighted by Crippen LogP contribution is 2.31. The van der Waals surface area contributed by atoms with Crippen LogP contribution in [0, 0.1) is 11.3 Å². The van der Waals surface area contributed by atoms with E-state index in [1.807, 2.05) is 48.5 Å². The Morgan fingerprint density at radius 3 is 1.86 bits per heavy atom. The SMILES string of the molecule is N#Cc1ccc(-c2ccc(C(=O)NC3(C(=O)O)Cc4ccccc4C3)cc2)cc1. The number of hydrogen-bond acceptors (Lipinski definition) is 3. The molecule has 5 heteroatoms. The second kappa shape index (κ2) is 7.25. The number of fused-ring (bicyclic) bond motifs is 1. The molecule has 2 N–H and O–H groups in total. The molecule has 0 saturated heterocycles. The van der Waals surface area contributed by atoms with Gasteiger partial charge >= 0.3 is 5.97 Å². The van der Waals surface area contributed by atoms with Crippen molar-refractivity contribution in [2.75, 3.05) is 0 Å². The molecule has 0 saturated carbocycles. The second-order valence-electron chi connectivity index (χ2n) is 7.23. The Morgan fingerprint density at radius 1 is 0.862 bits per heavy atom. The fraction of sp³-hybridized carbons (Fsp3) is 0.125. The van der Waals surface area contributed by atoms with E-state index in [9.17, 15) is 14.7 Å². The Balaban J connectivity index is 1.53. The van der Waals surface area contributed by atoms with E-state index in [2.05, 4.69) is 11.4 Å². The van der Waals surface area contributed by atoms with E-state index < -0.39 is 17.4 Å². The van der Waals surface area contributed by atoms with Crippen LogP contribution >= 0.6 is 0 Å². The lowest BCUT2D eigenvalue weighted by molar-refractivity contribution is -0.144. The molecule has 1 amide bonds. The van der Waals surface area contributed by atoms with Gasteiger partial charge in [0.2, 0.25) is 0 Å². The van der Waals surface area contributed by atoms with E-state index in [1.165, 1.54) is 0 Å². The fourth-order valence-corrected chi connectivity index (χ4v) is 3.75. The molecular formula is C24H18N2O3. The van der Waals surface area contributed by atoms with Crippen LogP contribution in [-0.4, -0.2) is 22.5 Å². The van der Waals surface area contributed by atoms with Gasteiger partial charge in [-0.15, -0.1) is 0 Å². The summed E-state index contributed by atoms with van der Waals surface area (Å²) < 4.78 is 0. The molecule has 0 aromatic heterocycles. The number of carbonyl (C=O) groups is 2. The average molecular weight is 382 g/mol. The maximum Gasteiger partial charge on any atom is 0.330 e. The minimum Gasteiger partial charge on any atom is -0.479 e. The van der Waals surface area contributed by atoms with Crippen LogP contribution in [0.2, 0.25) is 0 Å².